The van der Waals surface area contributed by atoms with Crippen LogP contribution in [0.15, 0.2) is 47.4 Å². The molecule has 9 nitrogen and oxygen atoms in total. The molecule has 1 fully saturated rings. The molecular weight excluding hydrogens is 422 g/mol. The van der Waals surface area contributed by atoms with E-state index < -0.39 is 10.0 Å². The lowest BCUT2D eigenvalue weighted by Gasteiger charge is -2.25. The molecule has 0 spiro atoms. The van der Waals surface area contributed by atoms with Crippen molar-refractivity contribution in [1.29, 1.82) is 0 Å². The van der Waals surface area contributed by atoms with Gasteiger partial charge in [-0.2, -0.15) is 0 Å². The number of fused-ring (bicyclic) bond motifs is 1. The summed E-state index contributed by atoms with van der Waals surface area (Å²) in [6, 6.07) is 11.0. The third-order valence-corrected chi connectivity index (χ3v) is 6.77. The smallest absolute Gasteiger partial charge is 0.240 e. The minimum atomic E-state index is -3.80. The second-order valence-electron chi connectivity index (χ2n) is 7.56. The standard InChI is InChI=1S/C21H23N3O6S/c1-23(2)17(14-3-8-18-19(11-14)30-13-29-18)12-22-31(27,28)16-6-4-15(5-7-16)24-20(25)9-10-21(24)26/h3-8,11,17,22H,9-10,12-13H2,1-2H3. The zero-order chi connectivity index (χ0) is 22.2. The van der Waals surface area contributed by atoms with Crippen LogP contribution in [0.1, 0.15) is 24.4 Å². The van der Waals surface area contributed by atoms with Crippen LogP contribution >= 0.6 is 0 Å². The zero-order valence-electron chi connectivity index (χ0n) is 17.2. The first-order valence-electron chi connectivity index (χ1n) is 9.78. The van der Waals surface area contributed by atoms with Crippen LogP contribution in [0.2, 0.25) is 0 Å². The van der Waals surface area contributed by atoms with Gasteiger partial charge in [0.2, 0.25) is 28.6 Å². The molecule has 1 N–H and O–H groups in total. The van der Waals surface area contributed by atoms with Crippen LogP contribution in [-0.4, -0.2) is 52.6 Å². The molecule has 0 radical (unpaired) electrons. The maximum atomic E-state index is 12.8. The van der Waals surface area contributed by atoms with Gasteiger partial charge in [0.15, 0.2) is 11.5 Å². The third kappa shape index (κ3) is 4.27. The van der Waals surface area contributed by atoms with Crippen molar-refractivity contribution in [2.75, 3.05) is 32.3 Å². The van der Waals surface area contributed by atoms with Crippen molar-refractivity contribution in [1.82, 2.24) is 9.62 Å². The molecule has 0 saturated carbocycles. The second kappa shape index (κ2) is 8.29. The Labute approximate surface area is 180 Å². The Kier molecular flexibility index (Phi) is 5.69. The van der Waals surface area contributed by atoms with Gasteiger partial charge >= 0.3 is 0 Å². The lowest BCUT2D eigenvalue weighted by Crippen LogP contribution is -2.34. The van der Waals surface area contributed by atoms with Gasteiger partial charge < -0.3 is 14.4 Å². The van der Waals surface area contributed by atoms with Gasteiger partial charge in [0.05, 0.1) is 10.6 Å². The molecule has 31 heavy (non-hydrogen) atoms. The van der Waals surface area contributed by atoms with E-state index in [9.17, 15) is 18.0 Å². The average molecular weight is 445 g/mol. The van der Waals surface area contributed by atoms with Gasteiger partial charge in [-0.15, -0.1) is 0 Å². The highest BCUT2D eigenvalue weighted by Gasteiger charge is 2.30. The second-order valence-corrected chi connectivity index (χ2v) is 9.33. The van der Waals surface area contributed by atoms with E-state index in [4.69, 9.17) is 9.47 Å². The number of carbonyl (C=O) groups excluding carboxylic acids is 2. The quantitative estimate of drug-likeness (QED) is 0.646. The Balaban J connectivity index is 1.48. The molecule has 2 aliphatic rings. The molecule has 4 rings (SSSR count). The first-order valence-corrected chi connectivity index (χ1v) is 11.3. The number of carbonyl (C=O) groups is 2. The predicted molar refractivity (Wildman–Crippen MR) is 112 cm³/mol. The monoisotopic (exact) mass is 445 g/mol. The lowest BCUT2D eigenvalue weighted by atomic mass is 10.1. The summed E-state index contributed by atoms with van der Waals surface area (Å²) >= 11 is 0. The number of sulfonamides is 1. The van der Waals surface area contributed by atoms with E-state index in [-0.39, 0.29) is 48.9 Å². The SMILES string of the molecule is CN(C)C(CNS(=O)(=O)c1ccc(N2C(=O)CCC2=O)cc1)c1ccc2c(c1)OCO2. The molecule has 1 atom stereocenters. The van der Waals surface area contributed by atoms with Crippen LogP contribution in [-0.2, 0) is 19.6 Å². The molecule has 0 bridgehead atoms. The van der Waals surface area contributed by atoms with Gasteiger partial charge in [-0.3, -0.25) is 14.5 Å². The number of hydrogen-bond acceptors (Lipinski definition) is 7. The Morgan fingerprint density at radius 1 is 1.00 bits per heavy atom. The molecule has 2 aliphatic heterocycles. The molecule has 2 heterocycles. The van der Waals surface area contributed by atoms with E-state index in [1.165, 1.54) is 24.3 Å². The van der Waals surface area contributed by atoms with Gasteiger partial charge in [-0.25, -0.2) is 13.1 Å². The van der Waals surface area contributed by atoms with E-state index in [2.05, 4.69) is 4.72 Å². The molecule has 0 aromatic heterocycles. The number of hydrogen-bond donors (Lipinski definition) is 1. The Morgan fingerprint density at radius 3 is 2.29 bits per heavy atom. The van der Waals surface area contributed by atoms with Crippen molar-refractivity contribution < 1.29 is 27.5 Å². The van der Waals surface area contributed by atoms with Crippen molar-refractivity contribution >= 4 is 27.5 Å². The first kappa shape index (κ1) is 21.3. The molecule has 0 aliphatic carbocycles. The third-order valence-electron chi connectivity index (χ3n) is 5.33. The number of anilines is 1. The first-order chi connectivity index (χ1) is 14.8. The molecule has 2 aromatic rings. The molecular formula is C21H23N3O6S. The maximum Gasteiger partial charge on any atom is 0.240 e. The van der Waals surface area contributed by atoms with E-state index in [0.29, 0.717) is 17.2 Å². The Morgan fingerprint density at radius 2 is 1.65 bits per heavy atom. The predicted octanol–water partition coefficient (Wildman–Crippen LogP) is 1.65. The summed E-state index contributed by atoms with van der Waals surface area (Å²) in [4.78, 5) is 26.8. The molecule has 1 saturated heterocycles. The zero-order valence-corrected chi connectivity index (χ0v) is 18.0. The van der Waals surface area contributed by atoms with Crippen molar-refractivity contribution in [2.24, 2.45) is 0 Å². The summed E-state index contributed by atoms with van der Waals surface area (Å²) in [5.41, 5.74) is 1.26. The number of nitrogens with one attached hydrogen (secondary N) is 1. The van der Waals surface area contributed by atoms with E-state index in [0.717, 1.165) is 10.5 Å². The summed E-state index contributed by atoms with van der Waals surface area (Å²) in [6.07, 6.45) is 0.346. The van der Waals surface area contributed by atoms with Crippen LogP contribution < -0.4 is 19.1 Å². The Hall–Kier alpha value is -2.95. The van der Waals surface area contributed by atoms with Crippen LogP contribution in [0.5, 0.6) is 11.5 Å². The highest BCUT2D eigenvalue weighted by molar-refractivity contribution is 7.89. The van der Waals surface area contributed by atoms with Gasteiger partial charge in [0, 0.05) is 25.4 Å². The highest BCUT2D eigenvalue weighted by Crippen LogP contribution is 2.35. The number of ether oxygens (including phenoxy) is 2. The van der Waals surface area contributed by atoms with Gasteiger partial charge in [0.1, 0.15) is 0 Å². The van der Waals surface area contributed by atoms with Crippen LogP contribution in [0.3, 0.4) is 0 Å². The topological polar surface area (TPSA) is 105 Å². The summed E-state index contributed by atoms with van der Waals surface area (Å²) in [6.45, 7) is 0.308. The van der Waals surface area contributed by atoms with Crippen molar-refractivity contribution in [2.45, 2.75) is 23.8 Å². The molecule has 2 amide bonds. The van der Waals surface area contributed by atoms with Crippen molar-refractivity contribution in [3.63, 3.8) is 0 Å². The number of benzene rings is 2. The Bertz CT molecular complexity index is 1100. The van der Waals surface area contributed by atoms with Crippen LogP contribution in [0.25, 0.3) is 0 Å². The van der Waals surface area contributed by atoms with Gasteiger partial charge in [-0.05, 0) is 56.1 Å². The summed E-state index contributed by atoms with van der Waals surface area (Å²) < 4.78 is 39.0. The normalized spacial score (nSPS) is 16.9. The average Bonchev–Trinajstić information content (AvgIpc) is 3.33. The van der Waals surface area contributed by atoms with Crippen LogP contribution in [0, 0.1) is 0 Å². The number of nitrogens with zero attached hydrogens (tertiary/aromatic N) is 2. The fourth-order valence-corrected chi connectivity index (χ4v) is 4.67. The highest BCUT2D eigenvalue weighted by atomic mass is 32.2. The lowest BCUT2D eigenvalue weighted by molar-refractivity contribution is -0.121. The number of imide groups is 1. The minimum Gasteiger partial charge on any atom is -0.454 e. The summed E-state index contributed by atoms with van der Waals surface area (Å²) in [5.74, 6) is 0.735. The van der Waals surface area contributed by atoms with E-state index in [1.807, 2.05) is 37.2 Å². The van der Waals surface area contributed by atoms with Crippen LogP contribution in [0.4, 0.5) is 5.69 Å². The van der Waals surface area contributed by atoms with Crippen molar-refractivity contribution in [3.05, 3.63) is 48.0 Å². The van der Waals surface area contributed by atoms with Crippen molar-refractivity contribution in [3.8, 4) is 11.5 Å². The van der Waals surface area contributed by atoms with E-state index >= 15 is 0 Å². The minimum absolute atomic E-state index is 0.0542. The molecule has 2 aromatic carbocycles. The fourth-order valence-electron chi connectivity index (χ4n) is 3.63. The number of rotatable bonds is 7. The molecule has 10 heteroatoms. The number of likely N-dealkylation sites (N-methyl/N-ethyl adjacent to an activating group) is 1. The van der Waals surface area contributed by atoms with E-state index in [1.54, 1.807) is 0 Å². The molecule has 1 unspecified atom stereocenters. The fraction of sp³-hybridized carbons (Fsp3) is 0.333. The molecule has 164 valence electrons. The van der Waals surface area contributed by atoms with Gasteiger partial charge in [-0.1, -0.05) is 6.07 Å². The summed E-state index contributed by atoms with van der Waals surface area (Å²) in [5, 5.41) is 0. The van der Waals surface area contributed by atoms with Gasteiger partial charge in [0.25, 0.3) is 0 Å². The summed E-state index contributed by atoms with van der Waals surface area (Å²) in [7, 11) is -0.0697. The maximum absolute atomic E-state index is 12.8. The largest absolute Gasteiger partial charge is 0.454 e. The number of amides is 2.